The number of esters is 1. The lowest BCUT2D eigenvalue weighted by Gasteiger charge is -2.15. The summed E-state index contributed by atoms with van der Waals surface area (Å²) in [6.07, 6.45) is -0.992. The van der Waals surface area contributed by atoms with E-state index in [-0.39, 0.29) is 10.6 Å². The summed E-state index contributed by atoms with van der Waals surface area (Å²) in [5.41, 5.74) is 0.807. The summed E-state index contributed by atoms with van der Waals surface area (Å²) in [6.45, 7) is 1.50. The second-order valence-electron chi connectivity index (χ2n) is 5.69. The van der Waals surface area contributed by atoms with Gasteiger partial charge in [0.15, 0.2) is 6.10 Å². The second kappa shape index (κ2) is 7.77. The first-order chi connectivity index (χ1) is 12.5. The van der Waals surface area contributed by atoms with Gasteiger partial charge in [-0.1, -0.05) is 59.6 Å². The van der Waals surface area contributed by atoms with E-state index in [9.17, 15) is 9.59 Å². The van der Waals surface area contributed by atoms with Crippen molar-refractivity contribution in [3.05, 3.63) is 76.3 Å². The molecule has 0 spiro atoms. The maximum atomic E-state index is 12.4. The normalized spacial score (nSPS) is 11.8. The zero-order chi connectivity index (χ0) is 18.7. The number of halogens is 2. The first kappa shape index (κ1) is 18.2. The van der Waals surface area contributed by atoms with Crippen LogP contribution in [0.4, 0.5) is 5.69 Å². The molecule has 4 nitrogen and oxygen atoms in total. The first-order valence-corrected chi connectivity index (χ1v) is 8.66. The van der Waals surface area contributed by atoms with Crippen molar-refractivity contribution < 1.29 is 14.3 Å². The molecule has 0 aromatic heterocycles. The number of hydrogen-bond donors (Lipinski definition) is 1. The molecule has 0 heterocycles. The predicted molar refractivity (Wildman–Crippen MR) is 104 cm³/mol. The molecule has 1 amide bonds. The highest BCUT2D eigenvalue weighted by molar-refractivity contribution is 6.36. The van der Waals surface area contributed by atoms with Crippen LogP contribution in [0.15, 0.2) is 60.7 Å². The zero-order valence-electron chi connectivity index (χ0n) is 13.8. The number of benzene rings is 3. The van der Waals surface area contributed by atoms with Gasteiger partial charge in [0.1, 0.15) is 0 Å². The smallest absolute Gasteiger partial charge is 0.340 e. The number of carbonyl (C=O) groups is 2. The molecule has 6 heteroatoms. The molecule has 0 saturated carbocycles. The lowest BCUT2D eigenvalue weighted by Crippen LogP contribution is -2.30. The minimum Gasteiger partial charge on any atom is -0.449 e. The summed E-state index contributed by atoms with van der Waals surface area (Å²) in [5.74, 6) is -1.12. The SMILES string of the molecule is C[C@@H](OC(=O)c1ccc(Cl)cc1Cl)C(=O)Nc1cccc2ccccc12. The van der Waals surface area contributed by atoms with Gasteiger partial charge in [-0.05, 0) is 36.6 Å². The van der Waals surface area contributed by atoms with Crippen molar-refractivity contribution in [3.8, 4) is 0 Å². The molecule has 0 aliphatic rings. The molecule has 3 aromatic rings. The lowest BCUT2D eigenvalue weighted by molar-refractivity contribution is -0.123. The number of nitrogens with one attached hydrogen (secondary N) is 1. The summed E-state index contributed by atoms with van der Waals surface area (Å²) < 4.78 is 5.22. The fraction of sp³-hybridized carbons (Fsp3) is 0.100. The third-order valence-corrected chi connectivity index (χ3v) is 4.40. The standard InChI is InChI=1S/C20H15Cl2NO3/c1-12(26-20(25)16-10-9-14(21)11-17(16)22)19(24)23-18-8-4-6-13-5-2-3-7-15(13)18/h2-12H,1H3,(H,23,24)/t12-/m1/s1. The van der Waals surface area contributed by atoms with Crippen LogP contribution < -0.4 is 5.32 Å². The van der Waals surface area contributed by atoms with Gasteiger partial charge in [0.2, 0.25) is 0 Å². The third-order valence-electron chi connectivity index (χ3n) is 3.85. The topological polar surface area (TPSA) is 55.4 Å². The Morgan fingerprint density at radius 2 is 1.73 bits per heavy atom. The Hall–Kier alpha value is -2.56. The highest BCUT2D eigenvalue weighted by Gasteiger charge is 2.21. The molecule has 0 aliphatic carbocycles. The van der Waals surface area contributed by atoms with Gasteiger partial charge >= 0.3 is 5.97 Å². The number of ether oxygens (including phenoxy) is 1. The van der Waals surface area contributed by atoms with Crippen LogP contribution in [0.3, 0.4) is 0 Å². The Morgan fingerprint density at radius 1 is 1.00 bits per heavy atom. The average molecular weight is 388 g/mol. The Morgan fingerprint density at radius 3 is 2.50 bits per heavy atom. The van der Waals surface area contributed by atoms with Crippen molar-refractivity contribution in [2.75, 3.05) is 5.32 Å². The quantitative estimate of drug-likeness (QED) is 0.615. The summed E-state index contributed by atoms with van der Waals surface area (Å²) in [7, 11) is 0. The molecule has 0 saturated heterocycles. The van der Waals surface area contributed by atoms with Gasteiger partial charge in [0.25, 0.3) is 5.91 Å². The van der Waals surface area contributed by atoms with E-state index in [0.717, 1.165) is 10.8 Å². The fourth-order valence-electron chi connectivity index (χ4n) is 2.50. The predicted octanol–water partition coefficient (Wildman–Crippen LogP) is 5.33. The van der Waals surface area contributed by atoms with Crippen LogP contribution in [0.5, 0.6) is 0 Å². The van der Waals surface area contributed by atoms with E-state index in [1.54, 1.807) is 6.07 Å². The minimum absolute atomic E-state index is 0.154. The second-order valence-corrected chi connectivity index (χ2v) is 6.53. The molecule has 0 fully saturated rings. The summed E-state index contributed by atoms with van der Waals surface area (Å²) in [4.78, 5) is 24.6. The molecule has 1 atom stereocenters. The van der Waals surface area contributed by atoms with Crippen LogP contribution in [0, 0.1) is 0 Å². The van der Waals surface area contributed by atoms with Gasteiger partial charge in [0, 0.05) is 16.1 Å². The highest BCUT2D eigenvalue weighted by atomic mass is 35.5. The van der Waals surface area contributed by atoms with Crippen LogP contribution in [-0.4, -0.2) is 18.0 Å². The maximum Gasteiger partial charge on any atom is 0.340 e. The molecule has 3 rings (SSSR count). The number of rotatable bonds is 4. The Labute approximate surface area is 160 Å². The van der Waals surface area contributed by atoms with Gasteiger partial charge in [0.05, 0.1) is 10.6 Å². The Bertz CT molecular complexity index is 982. The molecular weight excluding hydrogens is 373 g/mol. The van der Waals surface area contributed by atoms with Gasteiger partial charge in [-0.25, -0.2) is 4.79 Å². The van der Waals surface area contributed by atoms with Crippen LogP contribution in [0.1, 0.15) is 17.3 Å². The van der Waals surface area contributed by atoms with Crippen molar-refractivity contribution in [1.82, 2.24) is 0 Å². The van der Waals surface area contributed by atoms with E-state index >= 15 is 0 Å². The Balaban J connectivity index is 1.72. The van der Waals surface area contributed by atoms with E-state index < -0.39 is 18.0 Å². The summed E-state index contributed by atoms with van der Waals surface area (Å²) >= 11 is 11.8. The molecule has 0 unspecified atom stereocenters. The number of amides is 1. The van der Waals surface area contributed by atoms with E-state index in [1.165, 1.54) is 25.1 Å². The average Bonchev–Trinajstić information content (AvgIpc) is 2.61. The maximum absolute atomic E-state index is 12.4. The summed E-state index contributed by atoms with van der Waals surface area (Å²) in [5, 5.41) is 5.28. The van der Waals surface area contributed by atoms with E-state index in [2.05, 4.69) is 5.32 Å². The molecule has 26 heavy (non-hydrogen) atoms. The lowest BCUT2D eigenvalue weighted by atomic mass is 10.1. The monoisotopic (exact) mass is 387 g/mol. The highest BCUT2D eigenvalue weighted by Crippen LogP contribution is 2.24. The summed E-state index contributed by atoms with van der Waals surface area (Å²) in [6, 6.07) is 17.7. The van der Waals surface area contributed by atoms with Crippen molar-refractivity contribution in [3.63, 3.8) is 0 Å². The van der Waals surface area contributed by atoms with Crippen LogP contribution in [-0.2, 0) is 9.53 Å². The van der Waals surface area contributed by atoms with E-state index in [1.807, 2.05) is 36.4 Å². The van der Waals surface area contributed by atoms with Crippen molar-refractivity contribution in [2.24, 2.45) is 0 Å². The van der Waals surface area contributed by atoms with Crippen molar-refractivity contribution in [2.45, 2.75) is 13.0 Å². The molecule has 1 N–H and O–H groups in total. The fourth-order valence-corrected chi connectivity index (χ4v) is 2.99. The van der Waals surface area contributed by atoms with E-state index in [0.29, 0.717) is 10.7 Å². The van der Waals surface area contributed by atoms with Crippen LogP contribution in [0.2, 0.25) is 10.0 Å². The van der Waals surface area contributed by atoms with Crippen LogP contribution >= 0.6 is 23.2 Å². The molecular formula is C20H15Cl2NO3. The minimum atomic E-state index is -0.992. The first-order valence-electron chi connectivity index (χ1n) is 7.90. The van der Waals surface area contributed by atoms with Crippen molar-refractivity contribution >= 4 is 51.5 Å². The molecule has 3 aromatic carbocycles. The Kier molecular flexibility index (Phi) is 5.45. The van der Waals surface area contributed by atoms with Gasteiger partial charge < -0.3 is 10.1 Å². The number of hydrogen-bond acceptors (Lipinski definition) is 3. The number of carbonyl (C=O) groups excluding carboxylic acids is 2. The van der Waals surface area contributed by atoms with Crippen molar-refractivity contribution in [1.29, 1.82) is 0 Å². The molecule has 0 aliphatic heterocycles. The number of anilines is 1. The van der Waals surface area contributed by atoms with Crippen LogP contribution in [0.25, 0.3) is 10.8 Å². The van der Waals surface area contributed by atoms with E-state index in [4.69, 9.17) is 27.9 Å². The van der Waals surface area contributed by atoms with Gasteiger partial charge in [-0.3, -0.25) is 4.79 Å². The molecule has 132 valence electrons. The molecule has 0 bridgehead atoms. The third kappa shape index (κ3) is 3.98. The van der Waals surface area contributed by atoms with Gasteiger partial charge in [-0.2, -0.15) is 0 Å². The largest absolute Gasteiger partial charge is 0.449 e. The number of fused-ring (bicyclic) bond motifs is 1. The molecule has 0 radical (unpaired) electrons. The zero-order valence-corrected chi connectivity index (χ0v) is 15.3. The van der Waals surface area contributed by atoms with Gasteiger partial charge in [-0.15, -0.1) is 0 Å².